The van der Waals surface area contributed by atoms with E-state index in [1.165, 1.54) is 0 Å². The number of carbonyl (C=O) groups is 1. The smallest absolute Gasteiger partial charge is 0.228 e. The predicted octanol–water partition coefficient (Wildman–Crippen LogP) is 2.94. The van der Waals surface area contributed by atoms with E-state index < -0.39 is 0 Å². The highest BCUT2D eigenvalue weighted by molar-refractivity contribution is 5.97. The molecule has 2 aromatic carbocycles. The zero-order chi connectivity index (χ0) is 18.7. The first-order valence-electron chi connectivity index (χ1n) is 8.44. The average Bonchev–Trinajstić information content (AvgIpc) is 2.62. The van der Waals surface area contributed by atoms with Gasteiger partial charge in [0.1, 0.15) is 5.69 Å². The van der Waals surface area contributed by atoms with Crippen LogP contribution < -0.4 is 15.1 Å². The Labute approximate surface area is 153 Å². The van der Waals surface area contributed by atoms with Crippen LogP contribution in [-0.2, 0) is 11.2 Å². The lowest BCUT2D eigenvalue weighted by Gasteiger charge is -2.19. The molecule has 6 heteroatoms. The van der Waals surface area contributed by atoms with Gasteiger partial charge in [0.2, 0.25) is 11.9 Å². The number of hydrogen-bond acceptors (Lipinski definition) is 5. The highest BCUT2D eigenvalue weighted by atomic mass is 16.1. The number of carbonyl (C=O) groups excluding carboxylic acids is 1. The lowest BCUT2D eigenvalue weighted by Crippen LogP contribution is -2.21. The molecule has 0 spiro atoms. The molecule has 0 saturated heterocycles. The van der Waals surface area contributed by atoms with Gasteiger partial charge in [-0.3, -0.25) is 4.79 Å². The second-order valence-corrected chi connectivity index (χ2v) is 6.56. The minimum absolute atomic E-state index is 0.0920. The van der Waals surface area contributed by atoms with E-state index in [1.54, 1.807) is 6.20 Å². The fraction of sp³-hybridized carbons (Fsp3) is 0.250. The van der Waals surface area contributed by atoms with E-state index >= 15 is 0 Å². The molecule has 1 heterocycles. The standard InChI is InChI=1S/C20H23N5O/c1-24(2)19-17(13-21-20(23-19)25(3)4)22-18(26)12-15-10-7-9-14-8-5-6-11-16(14)15/h5-11,13H,12H2,1-4H3,(H,22,26). The quantitative estimate of drug-likeness (QED) is 0.767. The molecule has 0 aliphatic carbocycles. The van der Waals surface area contributed by atoms with Gasteiger partial charge in [0.25, 0.3) is 0 Å². The number of nitrogens with zero attached hydrogens (tertiary/aromatic N) is 4. The number of anilines is 3. The van der Waals surface area contributed by atoms with Crippen molar-refractivity contribution in [2.24, 2.45) is 0 Å². The lowest BCUT2D eigenvalue weighted by atomic mass is 10.0. The van der Waals surface area contributed by atoms with E-state index in [9.17, 15) is 4.79 Å². The van der Waals surface area contributed by atoms with Crippen molar-refractivity contribution in [1.82, 2.24) is 9.97 Å². The summed E-state index contributed by atoms with van der Waals surface area (Å²) in [6.07, 6.45) is 1.95. The molecule has 3 aromatic rings. The van der Waals surface area contributed by atoms with Crippen molar-refractivity contribution in [3.63, 3.8) is 0 Å². The van der Waals surface area contributed by atoms with Crippen LogP contribution in [0.15, 0.2) is 48.7 Å². The number of fused-ring (bicyclic) bond motifs is 1. The molecule has 1 aromatic heterocycles. The molecule has 26 heavy (non-hydrogen) atoms. The zero-order valence-electron chi connectivity index (χ0n) is 15.5. The van der Waals surface area contributed by atoms with Crippen molar-refractivity contribution in [3.05, 3.63) is 54.2 Å². The number of nitrogens with one attached hydrogen (secondary N) is 1. The summed E-state index contributed by atoms with van der Waals surface area (Å²) in [5.74, 6) is 1.18. The fourth-order valence-corrected chi connectivity index (χ4v) is 2.82. The van der Waals surface area contributed by atoms with Gasteiger partial charge < -0.3 is 15.1 Å². The first-order valence-corrected chi connectivity index (χ1v) is 8.44. The van der Waals surface area contributed by atoms with Gasteiger partial charge in [-0.2, -0.15) is 4.98 Å². The van der Waals surface area contributed by atoms with Crippen LogP contribution in [0.1, 0.15) is 5.56 Å². The second-order valence-electron chi connectivity index (χ2n) is 6.56. The van der Waals surface area contributed by atoms with Gasteiger partial charge in [0.15, 0.2) is 5.82 Å². The third-order valence-corrected chi connectivity index (χ3v) is 4.08. The topological polar surface area (TPSA) is 61.4 Å². The van der Waals surface area contributed by atoms with E-state index in [1.807, 2.05) is 68.3 Å². The molecule has 0 bridgehead atoms. The molecule has 1 N–H and O–H groups in total. The number of rotatable bonds is 5. The molecule has 0 atom stereocenters. The van der Waals surface area contributed by atoms with Crippen LogP contribution in [-0.4, -0.2) is 44.1 Å². The molecule has 6 nitrogen and oxygen atoms in total. The van der Waals surface area contributed by atoms with Gasteiger partial charge in [-0.15, -0.1) is 0 Å². The van der Waals surface area contributed by atoms with Gasteiger partial charge in [-0.05, 0) is 16.3 Å². The average molecular weight is 349 g/mol. The van der Waals surface area contributed by atoms with Crippen LogP contribution in [0.3, 0.4) is 0 Å². The maximum absolute atomic E-state index is 12.6. The van der Waals surface area contributed by atoms with E-state index in [-0.39, 0.29) is 5.91 Å². The Kier molecular flexibility index (Phi) is 5.02. The Hall–Kier alpha value is -3.15. The van der Waals surface area contributed by atoms with Gasteiger partial charge in [0, 0.05) is 28.2 Å². The molecule has 0 aliphatic heterocycles. The maximum Gasteiger partial charge on any atom is 0.228 e. The van der Waals surface area contributed by atoms with Gasteiger partial charge in [-0.25, -0.2) is 4.98 Å². The Morgan fingerprint density at radius 3 is 2.46 bits per heavy atom. The molecule has 134 valence electrons. The number of aromatic nitrogens is 2. The summed E-state index contributed by atoms with van der Waals surface area (Å²) in [6, 6.07) is 14.1. The summed E-state index contributed by atoms with van der Waals surface area (Å²) < 4.78 is 0. The number of hydrogen-bond donors (Lipinski definition) is 1. The van der Waals surface area contributed by atoms with E-state index in [0.29, 0.717) is 23.9 Å². The highest BCUT2D eigenvalue weighted by Crippen LogP contribution is 2.24. The Morgan fingerprint density at radius 2 is 1.73 bits per heavy atom. The van der Waals surface area contributed by atoms with Crippen molar-refractivity contribution >= 4 is 34.1 Å². The van der Waals surface area contributed by atoms with Crippen molar-refractivity contribution < 1.29 is 4.79 Å². The van der Waals surface area contributed by atoms with Gasteiger partial charge in [0.05, 0.1) is 12.6 Å². The summed E-state index contributed by atoms with van der Waals surface area (Å²) in [5.41, 5.74) is 1.60. The SMILES string of the molecule is CN(C)c1ncc(NC(=O)Cc2cccc3ccccc23)c(N(C)C)n1. The molecule has 0 aliphatic rings. The van der Waals surface area contributed by atoms with E-state index in [4.69, 9.17) is 0 Å². The van der Waals surface area contributed by atoms with Crippen molar-refractivity contribution in [2.75, 3.05) is 43.3 Å². The summed E-state index contributed by atoms with van der Waals surface area (Å²) in [7, 11) is 7.55. The number of amides is 1. The molecular formula is C20H23N5O. The molecule has 0 fully saturated rings. The minimum atomic E-state index is -0.0920. The molecular weight excluding hydrogens is 326 g/mol. The van der Waals surface area contributed by atoms with Crippen molar-refractivity contribution in [2.45, 2.75) is 6.42 Å². The number of benzene rings is 2. The summed E-state index contributed by atoms with van der Waals surface area (Å²) >= 11 is 0. The molecule has 1 amide bonds. The first kappa shape index (κ1) is 17.7. The minimum Gasteiger partial charge on any atom is -0.361 e. The van der Waals surface area contributed by atoms with Crippen LogP contribution >= 0.6 is 0 Å². The van der Waals surface area contributed by atoms with Crippen molar-refractivity contribution in [1.29, 1.82) is 0 Å². The van der Waals surface area contributed by atoms with Crippen LogP contribution in [0.25, 0.3) is 10.8 Å². The monoisotopic (exact) mass is 349 g/mol. The fourth-order valence-electron chi connectivity index (χ4n) is 2.82. The van der Waals surface area contributed by atoms with E-state index in [2.05, 4.69) is 27.4 Å². The largest absolute Gasteiger partial charge is 0.361 e. The maximum atomic E-state index is 12.6. The first-order chi connectivity index (χ1) is 12.5. The third-order valence-electron chi connectivity index (χ3n) is 4.08. The van der Waals surface area contributed by atoms with Crippen LogP contribution in [0.5, 0.6) is 0 Å². The molecule has 3 rings (SSSR count). The lowest BCUT2D eigenvalue weighted by molar-refractivity contribution is -0.115. The van der Waals surface area contributed by atoms with E-state index in [0.717, 1.165) is 16.3 Å². The molecule has 0 unspecified atom stereocenters. The summed E-state index contributed by atoms with van der Waals surface area (Å²) in [6.45, 7) is 0. The highest BCUT2D eigenvalue weighted by Gasteiger charge is 2.14. The molecule has 0 radical (unpaired) electrons. The summed E-state index contributed by atoms with van der Waals surface area (Å²) in [4.78, 5) is 25.1. The van der Waals surface area contributed by atoms with Gasteiger partial charge in [-0.1, -0.05) is 42.5 Å². The van der Waals surface area contributed by atoms with Crippen molar-refractivity contribution in [3.8, 4) is 0 Å². The molecule has 0 saturated carbocycles. The van der Waals surface area contributed by atoms with Crippen LogP contribution in [0.2, 0.25) is 0 Å². The Morgan fingerprint density at radius 1 is 1.00 bits per heavy atom. The predicted molar refractivity (Wildman–Crippen MR) is 107 cm³/mol. The third kappa shape index (κ3) is 3.74. The second kappa shape index (κ2) is 7.39. The normalized spacial score (nSPS) is 10.6. The Balaban J connectivity index is 1.84. The van der Waals surface area contributed by atoms with Crippen LogP contribution in [0, 0.1) is 0 Å². The summed E-state index contributed by atoms with van der Waals surface area (Å²) in [5, 5.41) is 5.17. The Bertz CT molecular complexity index is 931. The zero-order valence-corrected chi connectivity index (χ0v) is 15.5. The van der Waals surface area contributed by atoms with Crippen LogP contribution in [0.4, 0.5) is 17.5 Å². The van der Waals surface area contributed by atoms with Gasteiger partial charge >= 0.3 is 0 Å².